The van der Waals surface area contributed by atoms with Gasteiger partial charge in [-0.3, -0.25) is 0 Å². The molecule has 5 rings (SSSR count). The van der Waals surface area contributed by atoms with E-state index in [1.54, 1.807) is 0 Å². The molecule has 0 spiro atoms. The lowest BCUT2D eigenvalue weighted by atomic mass is 9.95. The van der Waals surface area contributed by atoms with Crippen LogP contribution in [0.3, 0.4) is 0 Å². The molecule has 0 aliphatic carbocycles. The van der Waals surface area contributed by atoms with Gasteiger partial charge in [0.1, 0.15) is 19.0 Å². The molecule has 0 atom stereocenters. The van der Waals surface area contributed by atoms with Crippen LogP contribution in [0.4, 0.5) is 0 Å². The predicted molar refractivity (Wildman–Crippen MR) is 90.0 cm³/mol. The summed E-state index contributed by atoms with van der Waals surface area (Å²) in [6, 6.07) is 21.9. The molecule has 0 fully saturated rings. The average Bonchev–Trinajstić information content (AvgIpc) is 2.62. The Labute approximate surface area is 127 Å². The molecule has 3 nitrogen and oxygen atoms in total. The Bertz CT molecular complexity index is 869. The van der Waals surface area contributed by atoms with Crippen LogP contribution in [0.2, 0.25) is 0 Å². The first-order valence-electron chi connectivity index (χ1n) is 7.11. The van der Waals surface area contributed by atoms with Crippen molar-refractivity contribution in [3.8, 4) is 0 Å². The van der Waals surface area contributed by atoms with Crippen molar-refractivity contribution in [2.45, 2.75) is 0 Å². The summed E-state index contributed by atoms with van der Waals surface area (Å²) in [7, 11) is 0. The summed E-state index contributed by atoms with van der Waals surface area (Å²) in [5.41, 5.74) is 0. The summed E-state index contributed by atoms with van der Waals surface area (Å²) in [5, 5.41) is 8.14. The van der Waals surface area contributed by atoms with Gasteiger partial charge in [-0.2, -0.15) is 0 Å². The molecule has 0 bridgehead atoms. The van der Waals surface area contributed by atoms with E-state index in [1.807, 2.05) is 0 Å². The fourth-order valence-corrected chi connectivity index (χ4v) is 2.87. The maximum absolute atomic E-state index is 3.56. The molecule has 5 aromatic rings. The lowest BCUT2D eigenvalue weighted by Gasteiger charge is -2.09. The highest BCUT2D eigenvalue weighted by Crippen LogP contribution is 2.33. The van der Waals surface area contributed by atoms with Gasteiger partial charge in [-0.15, -0.1) is 0 Å². The molecule has 1 aromatic heterocycles. The van der Waals surface area contributed by atoms with E-state index in [2.05, 4.69) is 75.6 Å². The van der Waals surface area contributed by atoms with Crippen molar-refractivity contribution in [3.05, 3.63) is 79.6 Å². The van der Waals surface area contributed by atoms with Crippen molar-refractivity contribution in [3.63, 3.8) is 0 Å². The monoisotopic (exact) mass is 283 g/mol. The summed E-state index contributed by atoms with van der Waals surface area (Å²) in [6.45, 7) is 0. The van der Waals surface area contributed by atoms with E-state index in [-0.39, 0.29) is 0 Å². The molecule has 4 aromatic carbocycles. The highest BCUT2D eigenvalue weighted by molar-refractivity contribution is 6.22. The summed E-state index contributed by atoms with van der Waals surface area (Å²) in [4.78, 5) is 10.7. The van der Waals surface area contributed by atoms with Gasteiger partial charge >= 0.3 is 0 Å². The van der Waals surface area contributed by atoms with Gasteiger partial charge in [-0.25, -0.2) is 15.0 Å². The first kappa shape index (κ1) is 12.7. The van der Waals surface area contributed by atoms with Gasteiger partial charge in [0, 0.05) is 0 Å². The van der Waals surface area contributed by atoms with Crippen LogP contribution in [-0.2, 0) is 0 Å². The SMILES string of the molecule is c1cc2ccc3cccc4ccc(c1)c2c34.c1ncncn1. The number of hydrogen-bond acceptors (Lipinski definition) is 3. The molecule has 22 heavy (non-hydrogen) atoms. The van der Waals surface area contributed by atoms with E-state index in [1.165, 1.54) is 51.3 Å². The van der Waals surface area contributed by atoms with Crippen LogP contribution in [0.5, 0.6) is 0 Å². The second-order valence-corrected chi connectivity index (χ2v) is 5.08. The van der Waals surface area contributed by atoms with Crippen LogP contribution in [-0.4, -0.2) is 15.0 Å². The summed E-state index contributed by atoms with van der Waals surface area (Å²) in [5.74, 6) is 0. The van der Waals surface area contributed by atoms with Crippen molar-refractivity contribution in [2.75, 3.05) is 0 Å². The zero-order valence-electron chi connectivity index (χ0n) is 11.8. The number of rotatable bonds is 0. The fourth-order valence-electron chi connectivity index (χ4n) is 2.87. The Morgan fingerprint density at radius 3 is 1.00 bits per heavy atom. The molecule has 0 aliphatic heterocycles. The molecule has 0 N–H and O–H groups in total. The van der Waals surface area contributed by atoms with E-state index in [0.717, 1.165) is 0 Å². The Morgan fingerprint density at radius 2 is 0.727 bits per heavy atom. The van der Waals surface area contributed by atoms with Crippen molar-refractivity contribution in [2.24, 2.45) is 0 Å². The molecule has 0 aliphatic rings. The third-order valence-electron chi connectivity index (χ3n) is 3.79. The van der Waals surface area contributed by atoms with Crippen LogP contribution in [0.1, 0.15) is 0 Å². The molecular formula is C19H13N3. The van der Waals surface area contributed by atoms with Gasteiger partial charge in [0.2, 0.25) is 0 Å². The van der Waals surface area contributed by atoms with Gasteiger partial charge in [-0.1, -0.05) is 60.7 Å². The molecule has 0 saturated carbocycles. The second-order valence-electron chi connectivity index (χ2n) is 5.08. The largest absolute Gasteiger partial charge is 0.225 e. The third-order valence-corrected chi connectivity index (χ3v) is 3.79. The lowest BCUT2D eigenvalue weighted by Crippen LogP contribution is -1.82. The van der Waals surface area contributed by atoms with E-state index in [9.17, 15) is 0 Å². The molecular weight excluding hydrogens is 270 g/mol. The number of aromatic nitrogens is 3. The summed E-state index contributed by atoms with van der Waals surface area (Å²) in [6.07, 6.45) is 4.31. The minimum Gasteiger partial charge on any atom is -0.225 e. The van der Waals surface area contributed by atoms with E-state index >= 15 is 0 Å². The lowest BCUT2D eigenvalue weighted by molar-refractivity contribution is 1.05. The third kappa shape index (κ3) is 2.13. The molecule has 0 unspecified atom stereocenters. The van der Waals surface area contributed by atoms with Gasteiger partial charge < -0.3 is 0 Å². The molecule has 0 radical (unpaired) electrons. The molecule has 0 amide bonds. The Kier molecular flexibility index (Phi) is 3.09. The van der Waals surface area contributed by atoms with Gasteiger partial charge in [0.25, 0.3) is 0 Å². The normalized spacial score (nSPS) is 10.7. The smallest absolute Gasteiger partial charge is 0.119 e. The highest BCUT2D eigenvalue weighted by Gasteiger charge is 2.05. The summed E-state index contributed by atoms with van der Waals surface area (Å²) < 4.78 is 0. The van der Waals surface area contributed by atoms with Crippen LogP contribution in [0, 0.1) is 0 Å². The summed E-state index contributed by atoms with van der Waals surface area (Å²) >= 11 is 0. The first-order chi connectivity index (χ1) is 10.9. The van der Waals surface area contributed by atoms with Gasteiger partial charge in [0.15, 0.2) is 0 Å². The zero-order valence-corrected chi connectivity index (χ0v) is 11.8. The van der Waals surface area contributed by atoms with Gasteiger partial charge in [-0.05, 0) is 32.3 Å². The number of benzene rings is 4. The Balaban J connectivity index is 0.000000177. The van der Waals surface area contributed by atoms with Crippen LogP contribution in [0.25, 0.3) is 32.3 Å². The Morgan fingerprint density at radius 1 is 0.409 bits per heavy atom. The van der Waals surface area contributed by atoms with Crippen molar-refractivity contribution in [1.82, 2.24) is 15.0 Å². The first-order valence-corrected chi connectivity index (χ1v) is 7.11. The maximum atomic E-state index is 3.56. The predicted octanol–water partition coefficient (Wildman–Crippen LogP) is 4.46. The van der Waals surface area contributed by atoms with Crippen molar-refractivity contribution in [1.29, 1.82) is 0 Å². The molecule has 3 heteroatoms. The van der Waals surface area contributed by atoms with E-state index in [0.29, 0.717) is 0 Å². The van der Waals surface area contributed by atoms with Crippen molar-refractivity contribution < 1.29 is 0 Å². The van der Waals surface area contributed by atoms with E-state index in [4.69, 9.17) is 0 Å². The topological polar surface area (TPSA) is 38.7 Å². The maximum Gasteiger partial charge on any atom is 0.119 e. The molecule has 0 saturated heterocycles. The van der Waals surface area contributed by atoms with Crippen molar-refractivity contribution >= 4 is 32.3 Å². The second kappa shape index (κ2) is 5.37. The fraction of sp³-hybridized carbons (Fsp3) is 0. The zero-order chi connectivity index (χ0) is 14.8. The molecule has 1 heterocycles. The minimum absolute atomic E-state index is 1.34. The average molecular weight is 283 g/mol. The van der Waals surface area contributed by atoms with Crippen LogP contribution in [0.15, 0.2) is 79.6 Å². The standard InChI is InChI=1S/C16H10.C3H3N3/c1-3-11-7-9-13-5-2-6-14-10-8-12(4-1)15(11)16(13)14;1-4-2-6-3-5-1/h1-10H;1-3H. The Hall–Kier alpha value is -3.07. The van der Waals surface area contributed by atoms with E-state index < -0.39 is 0 Å². The number of nitrogens with zero attached hydrogens (tertiary/aromatic N) is 3. The molecule has 104 valence electrons. The van der Waals surface area contributed by atoms with Gasteiger partial charge in [0.05, 0.1) is 0 Å². The van der Waals surface area contributed by atoms with Crippen LogP contribution < -0.4 is 0 Å². The highest BCUT2D eigenvalue weighted by atomic mass is 14.9. The quantitative estimate of drug-likeness (QED) is 0.394. The van der Waals surface area contributed by atoms with Crippen LogP contribution >= 0.6 is 0 Å². The minimum atomic E-state index is 1.34. The number of hydrogen-bond donors (Lipinski definition) is 0.